The number of amides is 2. The van der Waals surface area contributed by atoms with E-state index in [2.05, 4.69) is 29.4 Å². The van der Waals surface area contributed by atoms with Gasteiger partial charge in [-0.3, -0.25) is 4.90 Å². The quantitative estimate of drug-likeness (QED) is 0.694. The predicted molar refractivity (Wildman–Crippen MR) is 63.5 cm³/mol. The molecule has 2 fully saturated rings. The van der Waals surface area contributed by atoms with Crippen LogP contribution in [0.2, 0.25) is 0 Å². The zero-order valence-corrected chi connectivity index (χ0v) is 10.2. The zero-order chi connectivity index (χ0) is 11.5. The summed E-state index contributed by atoms with van der Waals surface area (Å²) in [6, 6.07) is 1.22. The monoisotopic (exact) mass is 226 g/mol. The molecule has 0 aromatic carbocycles. The Hall–Kier alpha value is -0.810. The number of nitrogens with one attached hydrogen (secondary N) is 2. The fraction of sp³-hybridized carbons (Fsp3) is 0.909. The highest BCUT2D eigenvalue weighted by atomic mass is 16.2. The van der Waals surface area contributed by atoms with E-state index in [0.717, 1.165) is 39.3 Å². The van der Waals surface area contributed by atoms with Crippen molar-refractivity contribution in [3.8, 4) is 0 Å². The number of hydrogen-bond acceptors (Lipinski definition) is 3. The molecule has 0 saturated carbocycles. The first kappa shape index (κ1) is 11.7. The third kappa shape index (κ3) is 2.65. The van der Waals surface area contributed by atoms with E-state index in [9.17, 15) is 4.79 Å². The number of carbonyl (C=O) groups excluding carboxylic acids is 1. The van der Waals surface area contributed by atoms with Crippen molar-refractivity contribution in [2.45, 2.75) is 25.9 Å². The van der Waals surface area contributed by atoms with Crippen molar-refractivity contribution < 1.29 is 4.79 Å². The molecule has 0 radical (unpaired) electrons. The van der Waals surface area contributed by atoms with Crippen molar-refractivity contribution in [2.24, 2.45) is 0 Å². The van der Waals surface area contributed by atoms with Gasteiger partial charge in [0.2, 0.25) is 0 Å². The van der Waals surface area contributed by atoms with E-state index < -0.39 is 0 Å². The van der Waals surface area contributed by atoms with Gasteiger partial charge in [-0.2, -0.15) is 0 Å². The molecule has 2 atom stereocenters. The highest BCUT2D eigenvalue weighted by Gasteiger charge is 2.24. The fourth-order valence-electron chi connectivity index (χ4n) is 2.38. The van der Waals surface area contributed by atoms with E-state index in [1.54, 1.807) is 0 Å². The Kier molecular flexibility index (Phi) is 3.66. The number of rotatable bonds is 3. The van der Waals surface area contributed by atoms with Gasteiger partial charge in [0.15, 0.2) is 0 Å². The third-order valence-corrected chi connectivity index (χ3v) is 3.50. The highest BCUT2D eigenvalue weighted by molar-refractivity contribution is 5.76. The summed E-state index contributed by atoms with van der Waals surface area (Å²) in [5, 5.41) is 6.30. The molecule has 2 amide bonds. The maximum absolute atomic E-state index is 11.4. The Morgan fingerprint density at radius 3 is 2.88 bits per heavy atom. The molecule has 2 aliphatic heterocycles. The van der Waals surface area contributed by atoms with Crippen molar-refractivity contribution in [1.82, 2.24) is 20.4 Å². The van der Waals surface area contributed by atoms with E-state index in [0.29, 0.717) is 12.1 Å². The van der Waals surface area contributed by atoms with Crippen LogP contribution in [0.4, 0.5) is 4.79 Å². The normalized spacial score (nSPS) is 31.9. The summed E-state index contributed by atoms with van der Waals surface area (Å²) in [6.07, 6.45) is 0. The molecule has 2 aliphatic rings. The van der Waals surface area contributed by atoms with Gasteiger partial charge in [0, 0.05) is 51.4 Å². The van der Waals surface area contributed by atoms with Gasteiger partial charge in [-0.25, -0.2) is 4.79 Å². The van der Waals surface area contributed by atoms with Crippen LogP contribution in [0.15, 0.2) is 0 Å². The number of urea groups is 1. The van der Waals surface area contributed by atoms with Crippen LogP contribution in [0, 0.1) is 0 Å². The van der Waals surface area contributed by atoms with E-state index in [1.165, 1.54) is 0 Å². The van der Waals surface area contributed by atoms with Crippen molar-refractivity contribution in [1.29, 1.82) is 0 Å². The second-order valence-electron chi connectivity index (χ2n) is 4.87. The van der Waals surface area contributed by atoms with E-state index in [-0.39, 0.29) is 6.03 Å². The first-order valence-corrected chi connectivity index (χ1v) is 6.17. The Labute approximate surface area is 97.2 Å². The minimum Gasteiger partial charge on any atom is -0.336 e. The lowest BCUT2D eigenvalue weighted by molar-refractivity contribution is 0.133. The molecule has 16 heavy (non-hydrogen) atoms. The molecule has 92 valence electrons. The Bertz CT molecular complexity index is 258. The van der Waals surface area contributed by atoms with Gasteiger partial charge in [-0.15, -0.1) is 0 Å². The molecule has 2 heterocycles. The molecular weight excluding hydrogens is 204 g/mol. The summed E-state index contributed by atoms with van der Waals surface area (Å²) < 4.78 is 0. The van der Waals surface area contributed by atoms with Crippen molar-refractivity contribution >= 4 is 6.03 Å². The van der Waals surface area contributed by atoms with Gasteiger partial charge in [-0.1, -0.05) is 0 Å². The minimum atomic E-state index is 0.0934. The van der Waals surface area contributed by atoms with Gasteiger partial charge in [0.1, 0.15) is 0 Å². The molecule has 0 spiro atoms. The molecule has 0 bridgehead atoms. The van der Waals surface area contributed by atoms with Gasteiger partial charge >= 0.3 is 6.03 Å². The maximum Gasteiger partial charge on any atom is 0.317 e. The lowest BCUT2D eigenvalue weighted by Crippen LogP contribution is -2.55. The lowest BCUT2D eigenvalue weighted by atomic mass is 10.1. The Morgan fingerprint density at radius 2 is 2.19 bits per heavy atom. The first-order valence-electron chi connectivity index (χ1n) is 6.17. The van der Waals surface area contributed by atoms with Gasteiger partial charge < -0.3 is 15.5 Å². The summed E-state index contributed by atoms with van der Waals surface area (Å²) in [5.41, 5.74) is 0. The smallest absolute Gasteiger partial charge is 0.317 e. The predicted octanol–water partition coefficient (Wildman–Crippen LogP) is -0.306. The Morgan fingerprint density at radius 1 is 1.38 bits per heavy atom. The van der Waals surface area contributed by atoms with Crippen LogP contribution in [0.3, 0.4) is 0 Å². The molecule has 2 rings (SSSR count). The van der Waals surface area contributed by atoms with Crippen molar-refractivity contribution in [2.75, 3.05) is 39.3 Å². The van der Waals surface area contributed by atoms with Crippen molar-refractivity contribution in [3.63, 3.8) is 0 Å². The van der Waals surface area contributed by atoms with Crippen LogP contribution in [-0.4, -0.2) is 67.2 Å². The maximum atomic E-state index is 11.4. The molecule has 2 N–H and O–H groups in total. The fourth-order valence-corrected chi connectivity index (χ4v) is 2.38. The molecule has 0 aromatic heterocycles. The molecule has 2 unspecified atom stereocenters. The molecule has 0 aromatic rings. The highest BCUT2D eigenvalue weighted by Crippen LogP contribution is 2.07. The molecule has 2 saturated heterocycles. The topological polar surface area (TPSA) is 47.6 Å². The molecular formula is C11H22N4O. The van der Waals surface area contributed by atoms with E-state index in [4.69, 9.17) is 0 Å². The van der Waals surface area contributed by atoms with Crippen LogP contribution in [0.5, 0.6) is 0 Å². The number of nitrogens with zero attached hydrogens (tertiary/aromatic N) is 2. The van der Waals surface area contributed by atoms with Gasteiger partial charge in [0.05, 0.1) is 0 Å². The largest absolute Gasteiger partial charge is 0.336 e. The zero-order valence-electron chi connectivity index (χ0n) is 10.2. The average molecular weight is 226 g/mol. The number of piperazine rings is 1. The number of hydrogen-bond donors (Lipinski definition) is 2. The minimum absolute atomic E-state index is 0.0934. The molecule has 5 heteroatoms. The number of carbonyl (C=O) groups is 1. The summed E-state index contributed by atoms with van der Waals surface area (Å²) in [5.74, 6) is 0. The third-order valence-electron chi connectivity index (χ3n) is 3.50. The summed E-state index contributed by atoms with van der Waals surface area (Å²) in [7, 11) is 0. The van der Waals surface area contributed by atoms with Gasteiger partial charge in [0.25, 0.3) is 0 Å². The average Bonchev–Trinajstić information content (AvgIpc) is 2.66. The van der Waals surface area contributed by atoms with Crippen LogP contribution in [0.25, 0.3) is 0 Å². The first-order chi connectivity index (χ1) is 7.66. The Balaban J connectivity index is 1.77. The van der Waals surface area contributed by atoms with Crippen LogP contribution < -0.4 is 10.6 Å². The van der Waals surface area contributed by atoms with Crippen molar-refractivity contribution in [3.05, 3.63) is 0 Å². The SMILES string of the molecule is CC1CN(CCN2CCNC2=O)C(C)CN1. The summed E-state index contributed by atoms with van der Waals surface area (Å²) in [6.45, 7) is 10.1. The molecule has 0 aliphatic carbocycles. The van der Waals surface area contributed by atoms with E-state index >= 15 is 0 Å². The lowest BCUT2D eigenvalue weighted by Gasteiger charge is -2.38. The second-order valence-corrected chi connectivity index (χ2v) is 4.87. The van der Waals surface area contributed by atoms with E-state index in [1.807, 2.05) is 4.90 Å². The van der Waals surface area contributed by atoms with Crippen LogP contribution in [0.1, 0.15) is 13.8 Å². The molecule has 5 nitrogen and oxygen atoms in total. The summed E-state index contributed by atoms with van der Waals surface area (Å²) in [4.78, 5) is 15.7. The second kappa shape index (κ2) is 5.01. The van der Waals surface area contributed by atoms with Crippen LogP contribution in [-0.2, 0) is 0 Å². The summed E-state index contributed by atoms with van der Waals surface area (Å²) >= 11 is 0. The van der Waals surface area contributed by atoms with Crippen LogP contribution >= 0.6 is 0 Å². The van der Waals surface area contributed by atoms with Gasteiger partial charge in [-0.05, 0) is 13.8 Å². The standard InChI is InChI=1S/C11H22N4O/c1-9-8-15(10(2)7-13-9)6-5-14-4-3-12-11(14)16/h9-10,13H,3-8H2,1-2H3,(H,12,16).